The van der Waals surface area contributed by atoms with E-state index in [1.165, 1.54) is 25.7 Å². The van der Waals surface area contributed by atoms with Gasteiger partial charge in [0.25, 0.3) is 5.92 Å². The number of aryl methyl sites for hydroxylation is 1. The van der Waals surface area contributed by atoms with Crippen LogP contribution in [0.5, 0.6) is 0 Å². The molecule has 2 aromatic rings. The molecule has 0 bridgehead atoms. The van der Waals surface area contributed by atoms with Gasteiger partial charge in [-0.3, -0.25) is 29.3 Å². The van der Waals surface area contributed by atoms with E-state index < -0.39 is 24.3 Å². The topological polar surface area (TPSA) is 87.5 Å². The van der Waals surface area contributed by atoms with Gasteiger partial charge in [0, 0.05) is 31.9 Å². The molecule has 4 heterocycles. The van der Waals surface area contributed by atoms with Gasteiger partial charge in [-0.2, -0.15) is 5.10 Å². The number of aromatic nitrogens is 2. The summed E-state index contributed by atoms with van der Waals surface area (Å²) in [6.45, 7) is 1.54. The maximum atomic E-state index is 15.5. The van der Waals surface area contributed by atoms with Crippen LogP contribution in [0, 0.1) is 5.41 Å². The summed E-state index contributed by atoms with van der Waals surface area (Å²) in [6.07, 6.45) is 8.06. The lowest BCUT2D eigenvalue weighted by molar-refractivity contribution is -0.138. The lowest BCUT2D eigenvalue weighted by Gasteiger charge is -2.41. The van der Waals surface area contributed by atoms with Crippen LogP contribution in [0.1, 0.15) is 80.9 Å². The molecule has 3 amide bonds. The normalized spacial score (nSPS) is 27.3. The molecule has 8 nitrogen and oxygen atoms in total. The molecule has 3 aliphatic heterocycles. The molecule has 3 saturated heterocycles. The number of carbonyl (C=O) groups is 3. The Kier molecular flexibility index (Phi) is 6.72. The first kappa shape index (κ1) is 26.3. The fraction of sp³-hybridized carbons (Fsp3) is 0.655. The molecule has 1 spiro atoms. The van der Waals surface area contributed by atoms with Gasteiger partial charge < -0.3 is 4.90 Å². The van der Waals surface area contributed by atoms with Crippen LogP contribution in [0.3, 0.4) is 0 Å². The average Bonchev–Trinajstić information content (AvgIpc) is 3.48. The third-order valence-corrected chi connectivity index (χ3v) is 9.75. The number of nitrogens with one attached hydrogen (secondary N) is 1. The number of halogens is 2. The molecular weight excluding hydrogens is 504 g/mol. The first-order valence-corrected chi connectivity index (χ1v) is 14.3. The van der Waals surface area contributed by atoms with Gasteiger partial charge in [0.05, 0.1) is 36.1 Å². The summed E-state index contributed by atoms with van der Waals surface area (Å²) < 4.78 is 32.6. The van der Waals surface area contributed by atoms with Crippen molar-refractivity contribution in [3.05, 3.63) is 29.5 Å². The van der Waals surface area contributed by atoms with Crippen LogP contribution < -0.4 is 5.32 Å². The van der Waals surface area contributed by atoms with E-state index in [-0.39, 0.29) is 37.1 Å². The van der Waals surface area contributed by atoms with Crippen LogP contribution in [0.25, 0.3) is 10.9 Å². The summed E-state index contributed by atoms with van der Waals surface area (Å²) in [5.74, 6) is -5.17. The van der Waals surface area contributed by atoms with Gasteiger partial charge in [0.1, 0.15) is 0 Å². The number of piperidine rings is 3. The summed E-state index contributed by atoms with van der Waals surface area (Å²) in [4.78, 5) is 40.4. The van der Waals surface area contributed by atoms with E-state index >= 15 is 8.78 Å². The van der Waals surface area contributed by atoms with Gasteiger partial charge in [-0.15, -0.1) is 0 Å². The molecule has 10 heteroatoms. The van der Waals surface area contributed by atoms with Crippen molar-refractivity contribution in [3.8, 4) is 0 Å². The van der Waals surface area contributed by atoms with Crippen molar-refractivity contribution in [2.75, 3.05) is 32.7 Å². The first-order chi connectivity index (χ1) is 18.6. The molecule has 2 atom stereocenters. The van der Waals surface area contributed by atoms with Crippen molar-refractivity contribution >= 4 is 28.6 Å². The highest BCUT2D eigenvalue weighted by atomic mass is 19.3. The zero-order chi connectivity index (χ0) is 27.4. The number of nitrogens with zero attached hydrogens (tertiary/aromatic N) is 4. The lowest BCUT2D eigenvalue weighted by Crippen LogP contribution is -2.52. The summed E-state index contributed by atoms with van der Waals surface area (Å²) in [7, 11) is 1.74. The maximum Gasteiger partial charge on any atom is 0.267 e. The number of rotatable bonds is 4. The Bertz CT molecular complexity index is 1290. The van der Waals surface area contributed by atoms with Gasteiger partial charge in [-0.1, -0.05) is 25.0 Å². The Balaban J connectivity index is 1.12. The minimum atomic E-state index is -2.98. The maximum absolute atomic E-state index is 15.5. The zero-order valence-electron chi connectivity index (χ0n) is 22.6. The molecular formula is C29H37F2N5O3. The molecule has 0 radical (unpaired) electrons. The van der Waals surface area contributed by atoms with E-state index in [1.54, 1.807) is 34.8 Å². The minimum Gasteiger partial charge on any atom is -0.342 e. The Labute approximate surface area is 227 Å². The number of carbonyl (C=O) groups excluding carboxylic acids is 3. The standard InChI is InChI=1S/C29H37F2N5O3/c1-34-23-16-19(4-5-20(23)26(33-34)21-6-7-24(37)32-27(21)39)22-8-13-35(18-29(22,30)31)17-25(38)36-14-11-28(12-15-36)9-2-3-10-28/h4-5,16,21-22H,2-3,6-15,17-18H2,1H3,(H,32,37,39). The van der Waals surface area contributed by atoms with Gasteiger partial charge in [-0.05, 0) is 62.1 Å². The second-order valence-electron chi connectivity index (χ2n) is 12.2. The molecule has 1 aromatic carbocycles. The Hall–Kier alpha value is -2.88. The number of imide groups is 1. The highest BCUT2D eigenvalue weighted by Gasteiger charge is 2.46. The monoisotopic (exact) mass is 541 g/mol. The molecule has 4 aliphatic rings. The molecule has 210 valence electrons. The largest absolute Gasteiger partial charge is 0.342 e. The number of fused-ring (bicyclic) bond motifs is 1. The molecule has 6 rings (SSSR count). The van der Waals surface area contributed by atoms with Crippen molar-refractivity contribution in [3.63, 3.8) is 0 Å². The second-order valence-corrected chi connectivity index (χ2v) is 12.2. The number of hydrogen-bond acceptors (Lipinski definition) is 5. The van der Waals surface area contributed by atoms with Crippen LogP contribution in [0.4, 0.5) is 8.78 Å². The quantitative estimate of drug-likeness (QED) is 0.597. The van der Waals surface area contributed by atoms with Crippen molar-refractivity contribution in [2.24, 2.45) is 12.5 Å². The molecule has 1 aromatic heterocycles. The molecule has 1 saturated carbocycles. The van der Waals surface area contributed by atoms with E-state index in [0.29, 0.717) is 35.2 Å². The fourth-order valence-electron chi connectivity index (χ4n) is 7.43. The predicted octanol–water partition coefficient (Wildman–Crippen LogP) is 3.70. The fourth-order valence-corrected chi connectivity index (χ4v) is 7.43. The predicted molar refractivity (Wildman–Crippen MR) is 141 cm³/mol. The van der Waals surface area contributed by atoms with Crippen LogP contribution >= 0.6 is 0 Å². The first-order valence-electron chi connectivity index (χ1n) is 14.3. The van der Waals surface area contributed by atoms with Gasteiger partial charge >= 0.3 is 0 Å². The minimum absolute atomic E-state index is 0.0330. The van der Waals surface area contributed by atoms with Crippen LogP contribution in [-0.4, -0.2) is 75.9 Å². The number of benzene rings is 1. The van der Waals surface area contributed by atoms with E-state index in [2.05, 4.69) is 10.4 Å². The van der Waals surface area contributed by atoms with Gasteiger partial charge in [0.15, 0.2) is 0 Å². The molecule has 39 heavy (non-hydrogen) atoms. The van der Waals surface area contributed by atoms with Crippen molar-refractivity contribution in [2.45, 2.75) is 75.5 Å². The van der Waals surface area contributed by atoms with Gasteiger partial charge in [-0.25, -0.2) is 8.78 Å². The third-order valence-electron chi connectivity index (χ3n) is 9.75. The smallest absolute Gasteiger partial charge is 0.267 e. The van der Waals surface area contributed by atoms with Crippen molar-refractivity contribution in [1.82, 2.24) is 24.9 Å². The molecule has 1 N–H and O–H groups in total. The Morgan fingerprint density at radius 1 is 1.08 bits per heavy atom. The van der Waals surface area contributed by atoms with Crippen molar-refractivity contribution in [1.29, 1.82) is 0 Å². The van der Waals surface area contributed by atoms with Crippen LogP contribution in [-0.2, 0) is 21.4 Å². The SMILES string of the molecule is Cn1nc(C2CCC(=O)NC2=O)c2ccc(C3CCN(CC(=O)N4CCC5(CCCC5)CC4)CC3(F)F)cc21. The van der Waals surface area contributed by atoms with E-state index in [0.717, 1.165) is 31.3 Å². The van der Waals surface area contributed by atoms with E-state index in [4.69, 9.17) is 0 Å². The highest BCUT2D eigenvalue weighted by Crippen LogP contribution is 2.46. The summed E-state index contributed by atoms with van der Waals surface area (Å²) in [5, 5.41) is 7.64. The number of likely N-dealkylation sites (tertiary alicyclic amines) is 2. The highest BCUT2D eigenvalue weighted by molar-refractivity contribution is 6.02. The van der Waals surface area contributed by atoms with E-state index in [9.17, 15) is 14.4 Å². The van der Waals surface area contributed by atoms with Crippen LogP contribution in [0.2, 0.25) is 0 Å². The number of hydrogen-bond donors (Lipinski definition) is 1. The Morgan fingerprint density at radius 3 is 2.51 bits per heavy atom. The van der Waals surface area contributed by atoms with E-state index in [1.807, 2.05) is 4.90 Å². The number of alkyl halides is 2. The Morgan fingerprint density at radius 2 is 1.82 bits per heavy atom. The number of amides is 3. The van der Waals surface area contributed by atoms with Gasteiger partial charge in [0.2, 0.25) is 17.7 Å². The van der Waals surface area contributed by atoms with Crippen LogP contribution in [0.15, 0.2) is 18.2 Å². The van der Waals surface area contributed by atoms with Crippen molar-refractivity contribution < 1.29 is 23.2 Å². The average molecular weight is 542 g/mol. The second kappa shape index (κ2) is 9.94. The zero-order valence-corrected chi connectivity index (χ0v) is 22.6. The molecule has 4 fully saturated rings. The molecule has 2 unspecified atom stereocenters. The molecule has 1 aliphatic carbocycles. The summed E-state index contributed by atoms with van der Waals surface area (Å²) in [5.41, 5.74) is 2.21. The lowest BCUT2D eigenvalue weighted by atomic mass is 9.77. The summed E-state index contributed by atoms with van der Waals surface area (Å²) in [6, 6.07) is 5.24. The third kappa shape index (κ3) is 4.96. The summed E-state index contributed by atoms with van der Waals surface area (Å²) >= 11 is 0.